The van der Waals surface area contributed by atoms with Gasteiger partial charge in [-0.3, -0.25) is 0 Å². The van der Waals surface area contributed by atoms with Crippen molar-refractivity contribution in [3.05, 3.63) is 59.2 Å². The average molecular weight is 390 g/mol. The second-order valence-corrected chi connectivity index (χ2v) is 6.65. The minimum absolute atomic E-state index is 0.346. The van der Waals surface area contributed by atoms with Gasteiger partial charge in [-0.25, -0.2) is 0 Å². The van der Waals surface area contributed by atoms with Crippen LogP contribution in [0.4, 0.5) is 23.1 Å². The zero-order valence-electron chi connectivity index (χ0n) is 16.3. The quantitative estimate of drug-likeness (QED) is 0.437. The van der Waals surface area contributed by atoms with Crippen molar-refractivity contribution >= 4 is 29.4 Å². The summed E-state index contributed by atoms with van der Waals surface area (Å²) < 4.78 is 11.0. The van der Waals surface area contributed by atoms with E-state index in [1.807, 2.05) is 18.2 Å². The largest absolute Gasteiger partial charge is 0.489 e. The molecule has 0 unspecified atom stereocenters. The molecule has 1 aliphatic heterocycles. The number of anilines is 4. The van der Waals surface area contributed by atoms with Crippen LogP contribution in [0.5, 0.6) is 11.6 Å². The van der Waals surface area contributed by atoms with Crippen LogP contribution in [0.25, 0.3) is 0 Å². The van der Waals surface area contributed by atoms with Gasteiger partial charge in [0.1, 0.15) is 0 Å². The number of hydrogen-bond donors (Lipinski definition) is 3. The second kappa shape index (κ2) is 7.67. The highest BCUT2D eigenvalue weighted by Gasteiger charge is 2.24. The monoisotopic (exact) mass is 390 g/mol. The minimum Gasteiger partial charge on any atom is -0.489 e. The number of nitrogen functional groups attached to an aromatic ring is 1. The molecule has 4 rings (SSSR count). The number of rotatable bonds is 6. The van der Waals surface area contributed by atoms with Crippen LogP contribution >= 0.6 is 0 Å². The summed E-state index contributed by atoms with van der Waals surface area (Å²) in [6, 6.07) is 13.6. The molecule has 1 aliphatic rings. The number of aromatic nitrogens is 2. The first kappa shape index (κ1) is 18.5. The van der Waals surface area contributed by atoms with E-state index in [1.54, 1.807) is 26.4 Å². The van der Waals surface area contributed by atoms with Gasteiger partial charge in [0.25, 0.3) is 5.88 Å². The lowest BCUT2D eigenvalue weighted by molar-refractivity contribution is 0.342. The highest BCUT2D eigenvalue weighted by Crippen LogP contribution is 2.37. The average Bonchev–Trinajstić information content (AvgIpc) is 3.18. The SMILES string of the molecule is COc1nc(N2Cc3ccccc3C2)nc(Nc2ccc(N)c(C=N)c2)c1OC. The van der Waals surface area contributed by atoms with Crippen molar-refractivity contribution in [3.63, 3.8) is 0 Å². The molecule has 0 atom stereocenters. The molecule has 3 aromatic rings. The van der Waals surface area contributed by atoms with Crippen LogP contribution in [0.2, 0.25) is 0 Å². The predicted octanol–water partition coefficient (Wildman–Crippen LogP) is 3.34. The maximum absolute atomic E-state index is 7.50. The van der Waals surface area contributed by atoms with Crippen LogP contribution in [0, 0.1) is 5.41 Å². The number of fused-ring (bicyclic) bond motifs is 1. The molecule has 1 aromatic heterocycles. The molecule has 0 radical (unpaired) electrons. The van der Waals surface area contributed by atoms with Crippen molar-refractivity contribution in [1.29, 1.82) is 5.41 Å². The van der Waals surface area contributed by atoms with Crippen LogP contribution in [0.15, 0.2) is 42.5 Å². The summed E-state index contributed by atoms with van der Waals surface area (Å²) in [6.45, 7) is 1.45. The lowest BCUT2D eigenvalue weighted by Gasteiger charge is -2.20. The van der Waals surface area contributed by atoms with Gasteiger partial charge in [-0.1, -0.05) is 24.3 Å². The van der Waals surface area contributed by atoms with Crippen LogP contribution < -0.4 is 25.4 Å². The van der Waals surface area contributed by atoms with E-state index in [4.69, 9.17) is 25.6 Å². The van der Waals surface area contributed by atoms with E-state index in [1.165, 1.54) is 17.3 Å². The molecule has 29 heavy (non-hydrogen) atoms. The van der Waals surface area contributed by atoms with Gasteiger partial charge < -0.3 is 30.8 Å². The van der Waals surface area contributed by atoms with Crippen LogP contribution in [0.1, 0.15) is 16.7 Å². The third kappa shape index (κ3) is 3.52. The van der Waals surface area contributed by atoms with Crippen LogP contribution in [0.3, 0.4) is 0 Å². The van der Waals surface area contributed by atoms with Gasteiger partial charge in [0.2, 0.25) is 11.7 Å². The van der Waals surface area contributed by atoms with E-state index in [9.17, 15) is 0 Å². The maximum Gasteiger partial charge on any atom is 0.264 e. The Morgan fingerprint density at radius 2 is 1.79 bits per heavy atom. The maximum atomic E-state index is 7.50. The molecule has 0 saturated carbocycles. The van der Waals surface area contributed by atoms with E-state index >= 15 is 0 Å². The summed E-state index contributed by atoms with van der Waals surface area (Å²) in [7, 11) is 3.09. The van der Waals surface area contributed by atoms with E-state index in [2.05, 4.69) is 27.3 Å². The molecule has 148 valence electrons. The van der Waals surface area contributed by atoms with Gasteiger partial charge >= 0.3 is 0 Å². The standard InChI is InChI=1S/C21H22N6O2/c1-28-18-19(24-16-7-8-17(23)15(9-16)10-22)25-21(26-20(18)29-2)27-11-13-5-3-4-6-14(13)12-27/h3-10,22H,11-12,23H2,1-2H3,(H,24,25,26). The number of methoxy groups -OCH3 is 2. The van der Waals surface area contributed by atoms with Gasteiger partial charge in [0, 0.05) is 36.2 Å². The number of ether oxygens (including phenoxy) is 2. The normalized spacial score (nSPS) is 12.4. The molecular formula is C21H22N6O2. The second-order valence-electron chi connectivity index (χ2n) is 6.65. The van der Waals surface area contributed by atoms with Crippen molar-refractivity contribution in [2.24, 2.45) is 0 Å². The molecule has 0 amide bonds. The fourth-order valence-corrected chi connectivity index (χ4v) is 3.36. The summed E-state index contributed by atoms with van der Waals surface area (Å²) in [6.07, 6.45) is 1.21. The summed E-state index contributed by atoms with van der Waals surface area (Å²) in [5.41, 5.74) is 10.3. The fourth-order valence-electron chi connectivity index (χ4n) is 3.36. The summed E-state index contributed by atoms with van der Waals surface area (Å²) >= 11 is 0. The number of nitrogens with two attached hydrogens (primary N) is 1. The molecular weight excluding hydrogens is 368 g/mol. The highest BCUT2D eigenvalue weighted by atomic mass is 16.5. The molecule has 4 N–H and O–H groups in total. The molecule has 2 heterocycles. The van der Waals surface area contributed by atoms with Crippen LogP contribution in [-0.4, -0.2) is 30.4 Å². The Balaban J connectivity index is 1.71. The first-order valence-corrected chi connectivity index (χ1v) is 9.11. The smallest absolute Gasteiger partial charge is 0.264 e. The van der Waals surface area contributed by atoms with Gasteiger partial charge in [-0.15, -0.1) is 0 Å². The van der Waals surface area contributed by atoms with Crippen molar-refractivity contribution in [1.82, 2.24) is 9.97 Å². The van der Waals surface area contributed by atoms with Gasteiger partial charge in [-0.05, 0) is 29.3 Å². The van der Waals surface area contributed by atoms with Crippen molar-refractivity contribution in [2.45, 2.75) is 13.1 Å². The summed E-state index contributed by atoms with van der Waals surface area (Å²) in [5, 5.41) is 10.7. The molecule has 8 heteroatoms. The number of nitrogens with zero attached hydrogens (tertiary/aromatic N) is 3. The van der Waals surface area contributed by atoms with E-state index in [0.717, 1.165) is 18.8 Å². The van der Waals surface area contributed by atoms with Crippen LogP contribution in [-0.2, 0) is 13.1 Å². The molecule has 8 nitrogen and oxygen atoms in total. The van der Waals surface area contributed by atoms with Crippen molar-refractivity contribution < 1.29 is 9.47 Å². The van der Waals surface area contributed by atoms with E-state index in [-0.39, 0.29) is 0 Å². The lowest BCUT2D eigenvalue weighted by Crippen LogP contribution is -2.19. The van der Waals surface area contributed by atoms with Crippen molar-refractivity contribution in [2.75, 3.05) is 30.2 Å². The Morgan fingerprint density at radius 1 is 1.07 bits per heavy atom. The number of benzene rings is 2. The van der Waals surface area contributed by atoms with E-state index < -0.39 is 0 Å². The third-order valence-electron chi connectivity index (χ3n) is 4.85. The topological polar surface area (TPSA) is 109 Å². The molecule has 0 fully saturated rings. The zero-order valence-corrected chi connectivity index (χ0v) is 16.3. The fraction of sp³-hybridized carbons (Fsp3) is 0.190. The Hall–Kier alpha value is -3.81. The Morgan fingerprint density at radius 3 is 2.41 bits per heavy atom. The van der Waals surface area contributed by atoms with E-state index in [0.29, 0.717) is 34.6 Å². The molecule has 0 bridgehead atoms. The Labute approximate surface area is 168 Å². The molecule has 0 spiro atoms. The Kier molecular flexibility index (Phi) is 4.90. The summed E-state index contributed by atoms with van der Waals surface area (Å²) in [4.78, 5) is 11.3. The first-order chi connectivity index (χ1) is 14.1. The van der Waals surface area contributed by atoms with Crippen molar-refractivity contribution in [3.8, 4) is 11.6 Å². The van der Waals surface area contributed by atoms with Gasteiger partial charge in [-0.2, -0.15) is 9.97 Å². The van der Waals surface area contributed by atoms with Gasteiger partial charge in [0.15, 0.2) is 5.82 Å². The van der Waals surface area contributed by atoms with Gasteiger partial charge in [0.05, 0.1) is 14.2 Å². The molecule has 0 saturated heterocycles. The number of nitrogens with one attached hydrogen (secondary N) is 2. The predicted molar refractivity (Wildman–Crippen MR) is 113 cm³/mol. The first-order valence-electron chi connectivity index (χ1n) is 9.11. The third-order valence-corrected chi connectivity index (χ3v) is 4.85. The Bertz CT molecular complexity index is 1040. The minimum atomic E-state index is 0.346. The highest BCUT2D eigenvalue weighted by molar-refractivity contribution is 5.87. The lowest BCUT2D eigenvalue weighted by atomic mass is 10.1. The molecule has 2 aromatic carbocycles. The summed E-state index contributed by atoms with van der Waals surface area (Å²) in [5.74, 6) is 1.77. The molecule has 0 aliphatic carbocycles. The zero-order chi connectivity index (χ0) is 20.4. The number of hydrogen-bond acceptors (Lipinski definition) is 8.